The largest absolute Gasteiger partial charge is 0.565 e. The summed E-state index contributed by atoms with van der Waals surface area (Å²) in [4.78, 5) is 0. The van der Waals surface area contributed by atoms with E-state index in [2.05, 4.69) is 80.7 Å². The third-order valence-electron chi connectivity index (χ3n) is 7.21. The topological polar surface area (TPSA) is 11.6 Å². The summed E-state index contributed by atoms with van der Waals surface area (Å²) in [6.07, 6.45) is 8.53. The summed E-state index contributed by atoms with van der Waals surface area (Å²) >= 11 is 0. The Kier molecular flexibility index (Phi) is 8.05. The Bertz CT molecular complexity index is 1070. The first-order valence-corrected chi connectivity index (χ1v) is 13.5. The molecule has 0 radical (unpaired) electrons. The van der Waals surface area contributed by atoms with Crippen molar-refractivity contribution in [2.45, 2.75) is 86.4 Å². The van der Waals surface area contributed by atoms with Crippen LogP contribution in [0.4, 0.5) is 0 Å². The lowest BCUT2D eigenvalue weighted by Gasteiger charge is -2.26. The van der Waals surface area contributed by atoms with Crippen LogP contribution in [0.15, 0.2) is 67.0 Å². The molecule has 1 aliphatic carbocycles. The average Bonchev–Trinajstić information content (AvgIpc) is 3.57. The van der Waals surface area contributed by atoms with Gasteiger partial charge in [-0.2, -0.15) is 0 Å². The van der Waals surface area contributed by atoms with Gasteiger partial charge >= 0.3 is 5.79 Å². The fourth-order valence-electron chi connectivity index (χ4n) is 6.60. The summed E-state index contributed by atoms with van der Waals surface area (Å²) in [6, 6.07) is 20.3. The molecule has 3 aromatic heterocycles. The van der Waals surface area contributed by atoms with Gasteiger partial charge in [0.05, 0.1) is 5.92 Å². The van der Waals surface area contributed by atoms with Gasteiger partial charge in [0, 0.05) is 42.8 Å². The molecule has 4 aliphatic rings. The molecule has 1 saturated carbocycles. The van der Waals surface area contributed by atoms with Crippen molar-refractivity contribution in [3.05, 3.63) is 78.4 Å². The molecule has 33 heavy (non-hydrogen) atoms. The van der Waals surface area contributed by atoms with Crippen molar-refractivity contribution in [3.63, 3.8) is 0 Å². The van der Waals surface area contributed by atoms with Crippen molar-refractivity contribution < 1.29 is 13.7 Å². The molecule has 1 fully saturated rings. The second-order valence-corrected chi connectivity index (χ2v) is 8.05. The van der Waals surface area contributed by atoms with Gasteiger partial charge in [0.1, 0.15) is 0 Å². The third kappa shape index (κ3) is 3.26. The highest BCUT2D eigenvalue weighted by molar-refractivity contribution is 5.48. The van der Waals surface area contributed by atoms with Crippen molar-refractivity contribution in [2.75, 3.05) is 0 Å². The van der Waals surface area contributed by atoms with Crippen LogP contribution in [0.1, 0.15) is 85.5 Å². The van der Waals surface area contributed by atoms with Crippen molar-refractivity contribution in [1.82, 2.24) is 0 Å². The molecule has 0 bridgehead atoms. The SMILES string of the molecule is CC.CC.CC.CC.c1cc[n+]2c(c1)-c1cccc3[n+]1C21C2C(CCC2c2cccc[n+]21)C3. The first kappa shape index (κ1) is 25.1. The summed E-state index contributed by atoms with van der Waals surface area (Å²) < 4.78 is 7.83. The minimum atomic E-state index is -0.122. The number of aromatic nitrogens is 3. The van der Waals surface area contributed by atoms with Gasteiger partial charge in [-0.15, -0.1) is 0 Å². The molecule has 3 heteroatoms. The molecule has 0 amide bonds. The van der Waals surface area contributed by atoms with Crippen LogP contribution in [-0.2, 0) is 12.2 Å². The minimum absolute atomic E-state index is 0.122. The fourth-order valence-corrected chi connectivity index (χ4v) is 6.60. The average molecular weight is 447 g/mol. The van der Waals surface area contributed by atoms with Crippen LogP contribution in [0.2, 0.25) is 0 Å². The molecule has 4 unspecified atom stereocenters. The van der Waals surface area contributed by atoms with Crippen molar-refractivity contribution in [1.29, 1.82) is 0 Å². The Labute approximate surface area is 201 Å². The standard InChI is InChI=1S/C22H20N3.4C2H6/c1-3-12-23-18(7-1)17-11-10-15-14-16-6-5-9-20-19-8-2-4-13-24(19)22(23,21(15)17)25(16)20;4*1-2/h1-9,12-13,15,17,21H,10-11,14H2;4*1-2H3/q+3;;;;. The molecule has 0 aromatic carbocycles. The zero-order valence-corrected chi connectivity index (χ0v) is 22.0. The Morgan fingerprint density at radius 3 is 2.03 bits per heavy atom. The molecule has 176 valence electrons. The number of pyridine rings is 3. The summed E-state index contributed by atoms with van der Waals surface area (Å²) in [6.45, 7) is 16.0. The molecule has 3 nitrogen and oxygen atoms in total. The van der Waals surface area contributed by atoms with Crippen LogP contribution in [0.25, 0.3) is 11.4 Å². The van der Waals surface area contributed by atoms with Gasteiger partial charge in [-0.25, -0.2) is 0 Å². The summed E-state index contributed by atoms with van der Waals surface area (Å²) in [5.41, 5.74) is 5.73. The number of rotatable bonds is 0. The van der Waals surface area contributed by atoms with Crippen LogP contribution in [0.3, 0.4) is 0 Å². The van der Waals surface area contributed by atoms with Crippen LogP contribution >= 0.6 is 0 Å². The summed E-state index contributed by atoms with van der Waals surface area (Å²) in [7, 11) is 0. The van der Waals surface area contributed by atoms with E-state index in [9.17, 15) is 0 Å². The lowest BCUT2D eigenvalue weighted by Crippen LogP contribution is -2.87. The highest BCUT2D eigenvalue weighted by atomic mass is 15.5. The van der Waals surface area contributed by atoms with Crippen LogP contribution < -0.4 is 13.7 Å². The zero-order valence-electron chi connectivity index (χ0n) is 22.0. The normalized spacial score (nSPS) is 25.0. The van der Waals surface area contributed by atoms with E-state index in [4.69, 9.17) is 0 Å². The first-order chi connectivity index (χ1) is 16.4. The molecule has 3 aliphatic heterocycles. The van der Waals surface area contributed by atoms with Gasteiger partial charge in [0.2, 0.25) is 0 Å². The van der Waals surface area contributed by atoms with Gasteiger partial charge in [-0.1, -0.05) is 75.2 Å². The Morgan fingerprint density at radius 2 is 1.30 bits per heavy atom. The molecule has 4 atom stereocenters. The molecule has 1 spiro atoms. The Hall–Kier alpha value is -2.55. The maximum absolute atomic E-state index is 2.66. The minimum Gasteiger partial charge on any atom is -0.0762 e. The van der Waals surface area contributed by atoms with E-state index in [1.54, 1.807) is 0 Å². The smallest absolute Gasteiger partial charge is 0.0762 e. The summed E-state index contributed by atoms with van der Waals surface area (Å²) in [5.74, 6) is 1.99. The molecular formula is C30H44N3+3. The van der Waals surface area contributed by atoms with Crippen molar-refractivity contribution in [3.8, 4) is 11.4 Å². The molecule has 0 N–H and O–H groups in total. The predicted octanol–water partition coefficient (Wildman–Crippen LogP) is 6.02. The van der Waals surface area contributed by atoms with E-state index in [0.29, 0.717) is 11.8 Å². The first-order valence-electron chi connectivity index (χ1n) is 13.5. The lowest BCUT2D eigenvalue weighted by molar-refractivity contribution is -1.16. The van der Waals surface area contributed by atoms with E-state index < -0.39 is 0 Å². The van der Waals surface area contributed by atoms with Crippen LogP contribution in [0.5, 0.6) is 0 Å². The molecule has 6 heterocycles. The molecular weight excluding hydrogens is 402 g/mol. The fraction of sp³-hybridized carbons (Fsp3) is 0.500. The van der Waals surface area contributed by atoms with E-state index >= 15 is 0 Å². The zero-order chi connectivity index (χ0) is 24.2. The second-order valence-electron chi connectivity index (χ2n) is 8.05. The number of fused-ring (bicyclic) bond motifs is 4. The number of nitrogens with zero attached hydrogens (tertiary/aromatic N) is 3. The van der Waals surface area contributed by atoms with Crippen LogP contribution in [0, 0.1) is 11.8 Å². The number of hydrogen-bond acceptors (Lipinski definition) is 0. The number of hydrogen-bond donors (Lipinski definition) is 0. The van der Waals surface area contributed by atoms with Crippen LogP contribution in [-0.4, -0.2) is 0 Å². The molecule has 3 aromatic rings. The monoisotopic (exact) mass is 446 g/mol. The van der Waals surface area contributed by atoms with Gasteiger partial charge in [-0.05, 0) is 30.9 Å². The third-order valence-corrected chi connectivity index (χ3v) is 7.21. The molecule has 0 saturated heterocycles. The summed E-state index contributed by atoms with van der Waals surface area (Å²) in [5, 5.41) is 0. The predicted molar refractivity (Wildman–Crippen MR) is 136 cm³/mol. The lowest BCUT2D eigenvalue weighted by atomic mass is 9.79. The maximum Gasteiger partial charge on any atom is 0.565 e. The van der Waals surface area contributed by atoms with Gasteiger partial charge in [0.15, 0.2) is 29.7 Å². The van der Waals surface area contributed by atoms with E-state index in [1.807, 2.05) is 55.4 Å². The Balaban J connectivity index is 0.000000350. The van der Waals surface area contributed by atoms with E-state index in [0.717, 1.165) is 5.92 Å². The van der Waals surface area contributed by atoms with E-state index in [-0.39, 0.29) is 5.79 Å². The molecule has 7 rings (SSSR count). The highest BCUT2D eigenvalue weighted by Gasteiger charge is 2.83. The second kappa shape index (κ2) is 10.6. The highest BCUT2D eigenvalue weighted by Crippen LogP contribution is 2.55. The van der Waals surface area contributed by atoms with Gasteiger partial charge in [0.25, 0.3) is 11.4 Å². The van der Waals surface area contributed by atoms with Gasteiger partial charge < -0.3 is 0 Å². The van der Waals surface area contributed by atoms with Crippen molar-refractivity contribution >= 4 is 0 Å². The van der Waals surface area contributed by atoms with E-state index in [1.165, 1.54) is 42.0 Å². The maximum atomic E-state index is 2.66. The van der Waals surface area contributed by atoms with Crippen molar-refractivity contribution in [2.24, 2.45) is 11.8 Å². The van der Waals surface area contributed by atoms with Gasteiger partial charge in [-0.3, -0.25) is 0 Å². The quantitative estimate of drug-likeness (QED) is 0.374. The Morgan fingerprint density at radius 1 is 0.667 bits per heavy atom.